The van der Waals surface area contributed by atoms with E-state index in [1.807, 2.05) is 0 Å². The van der Waals surface area contributed by atoms with Crippen LogP contribution in [0.15, 0.2) is 18.2 Å². The van der Waals surface area contributed by atoms with Gasteiger partial charge in [0.2, 0.25) is 5.78 Å². The van der Waals surface area contributed by atoms with E-state index in [-0.39, 0.29) is 18.2 Å². The van der Waals surface area contributed by atoms with E-state index < -0.39 is 41.0 Å². The van der Waals surface area contributed by atoms with Crippen LogP contribution in [0.1, 0.15) is 10.4 Å². The van der Waals surface area contributed by atoms with Crippen molar-refractivity contribution in [1.82, 2.24) is 0 Å². The number of halogens is 9. The highest BCUT2D eigenvalue weighted by atomic mass is 19.4. The Morgan fingerprint density at radius 2 is 1.20 bits per heavy atom. The maximum atomic E-state index is 13.0. The van der Waals surface area contributed by atoms with Crippen molar-refractivity contribution in [3.05, 3.63) is 35.4 Å². The number of hydrogen-bond acceptors (Lipinski definition) is 1. The number of Topliss-reactive ketones (excluding diaryl/α,β-unsaturated/α-hetero) is 1. The highest BCUT2D eigenvalue weighted by Crippen LogP contribution is 2.47. The smallest absolute Gasteiger partial charge is 0.287 e. The first-order chi connectivity index (χ1) is 8.80. The molecular weight excluding hydrogens is 307 g/mol. The Morgan fingerprint density at radius 3 is 1.55 bits per heavy atom. The van der Waals surface area contributed by atoms with Gasteiger partial charge in [0.25, 0.3) is 0 Å². The second kappa shape index (κ2) is 4.67. The van der Waals surface area contributed by atoms with Gasteiger partial charge in [0, 0.05) is 11.6 Å². The largest absolute Gasteiger partial charge is 0.460 e. The van der Waals surface area contributed by atoms with Crippen LogP contribution < -0.4 is 0 Å². The van der Waals surface area contributed by atoms with Crippen molar-refractivity contribution < 1.29 is 44.3 Å². The molecule has 1 rings (SSSR count). The van der Waals surface area contributed by atoms with Gasteiger partial charge in [-0.2, -0.15) is 30.7 Å². The molecule has 0 aromatic heterocycles. The molecule has 20 heavy (non-hydrogen) atoms. The van der Waals surface area contributed by atoms with Gasteiger partial charge in [-0.1, -0.05) is 0 Å². The molecule has 0 aliphatic rings. The summed E-state index contributed by atoms with van der Waals surface area (Å²) in [5.74, 6) is -19.1. The zero-order chi connectivity index (χ0) is 15.9. The highest BCUT2D eigenvalue weighted by Gasteiger charge is 2.76. The summed E-state index contributed by atoms with van der Waals surface area (Å²) in [6.07, 6.45) is -6.71. The quantitative estimate of drug-likeness (QED) is 0.609. The van der Waals surface area contributed by atoms with Crippen LogP contribution in [-0.4, -0.2) is 23.8 Å². The van der Waals surface area contributed by atoms with Crippen molar-refractivity contribution in [2.45, 2.75) is 18.0 Å². The fourth-order valence-electron chi connectivity index (χ4n) is 1.19. The number of carbonyl (C=O) groups excluding carboxylic acids is 1. The molecule has 0 N–H and O–H groups in total. The van der Waals surface area contributed by atoms with E-state index in [0.29, 0.717) is 0 Å². The van der Waals surface area contributed by atoms with Crippen LogP contribution in [0, 0.1) is 11.6 Å². The monoisotopic (exact) mass is 310 g/mol. The number of rotatable bonds is 3. The first kappa shape index (κ1) is 16.3. The van der Waals surface area contributed by atoms with Gasteiger partial charge in [0.15, 0.2) is 0 Å². The number of hydrogen-bond donors (Lipinski definition) is 0. The Kier molecular flexibility index (Phi) is 3.81. The summed E-state index contributed by atoms with van der Waals surface area (Å²) in [5, 5.41) is 0. The molecule has 0 bridgehead atoms. The molecule has 0 atom stereocenters. The average molecular weight is 310 g/mol. The van der Waals surface area contributed by atoms with Crippen molar-refractivity contribution in [2.24, 2.45) is 0 Å². The lowest BCUT2D eigenvalue weighted by atomic mass is 10.00. The maximum Gasteiger partial charge on any atom is 0.460 e. The topological polar surface area (TPSA) is 17.1 Å². The lowest BCUT2D eigenvalue weighted by Crippen LogP contribution is -2.56. The molecule has 0 aliphatic carbocycles. The molecule has 0 amide bonds. The van der Waals surface area contributed by atoms with Crippen LogP contribution in [0.4, 0.5) is 39.5 Å². The fraction of sp³-hybridized carbons (Fsp3) is 0.300. The number of benzene rings is 1. The van der Waals surface area contributed by atoms with Crippen LogP contribution in [-0.2, 0) is 0 Å². The molecular formula is C10H3F9O. The first-order valence-corrected chi connectivity index (χ1v) is 4.64. The summed E-state index contributed by atoms with van der Waals surface area (Å²) in [7, 11) is 0. The van der Waals surface area contributed by atoms with Crippen molar-refractivity contribution in [2.75, 3.05) is 0 Å². The standard InChI is InChI=1S/C10H3F9O/c11-5-1-4(2-6(12)3-5)7(20)8(13,14)9(15,16)10(17,18)19/h1-3H. The third kappa shape index (κ3) is 2.59. The molecule has 0 radical (unpaired) electrons. The Hall–Kier alpha value is -1.74. The highest BCUT2D eigenvalue weighted by molar-refractivity contribution is 6.02. The molecule has 0 spiro atoms. The predicted octanol–water partition coefficient (Wildman–Crippen LogP) is 3.98. The van der Waals surface area contributed by atoms with Crippen molar-refractivity contribution >= 4 is 5.78 Å². The summed E-state index contributed by atoms with van der Waals surface area (Å²) < 4.78 is 112. The zero-order valence-corrected chi connectivity index (χ0v) is 9.04. The van der Waals surface area contributed by atoms with Crippen LogP contribution in [0.25, 0.3) is 0 Å². The van der Waals surface area contributed by atoms with E-state index in [2.05, 4.69) is 0 Å². The second-order valence-corrected chi connectivity index (χ2v) is 3.63. The van der Waals surface area contributed by atoms with Gasteiger partial charge in [0.05, 0.1) is 0 Å². The third-order valence-electron chi connectivity index (χ3n) is 2.16. The lowest BCUT2D eigenvalue weighted by molar-refractivity contribution is -0.339. The summed E-state index contributed by atoms with van der Waals surface area (Å²) in [5.41, 5.74) is -1.64. The molecule has 1 nitrogen and oxygen atoms in total. The third-order valence-corrected chi connectivity index (χ3v) is 2.16. The normalized spacial score (nSPS) is 13.4. The van der Waals surface area contributed by atoms with Gasteiger partial charge in [-0.3, -0.25) is 4.79 Å². The summed E-state index contributed by atoms with van der Waals surface area (Å²) >= 11 is 0. The minimum absolute atomic E-state index is 0.0776. The summed E-state index contributed by atoms with van der Waals surface area (Å²) in [6, 6.07) is -0.0334. The Labute approximate surface area is 105 Å². The number of ketones is 1. The van der Waals surface area contributed by atoms with Gasteiger partial charge in [0.1, 0.15) is 11.6 Å². The average Bonchev–Trinajstić information content (AvgIpc) is 2.24. The zero-order valence-electron chi connectivity index (χ0n) is 9.04. The van der Waals surface area contributed by atoms with Crippen molar-refractivity contribution in [3.63, 3.8) is 0 Å². The molecule has 112 valence electrons. The lowest BCUT2D eigenvalue weighted by Gasteiger charge is -2.26. The molecule has 0 heterocycles. The maximum absolute atomic E-state index is 13.0. The van der Waals surface area contributed by atoms with Crippen LogP contribution in [0.3, 0.4) is 0 Å². The number of alkyl halides is 7. The van der Waals surface area contributed by atoms with E-state index in [4.69, 9.17) is 0 Å². The molecule has 1 aromatic rings. The summed E-state index contributed by atoms with van der Waals surface area (Å²) in [6.45, 7) is 0. The predicted molar refractivity (Wildman–Crippen MR) is 46.6 cm³/mol. The molecule has 0 saturated carbocycles. The molecule has 0 aliphatic heterocycles. The Morgan fingerprint density at radius 1 is 0.800 bits per heavy atom. The Bertz CT molecular complexity index is 512. The van der Waals surface area contributed by atoms with Crippen molar-refractivity contribution in [1.29, 1.82) is 0 Å². The van der Waals surface area contributed by atoms with Crippen LogP contribution >= 0.6 is 0 Å². The second-order valence-electron chi connectivity index (χ2n) is 3.63. The van der Waals surface area contributed by atoms with E-state index in [1.165, 1.54) is 0 Å². The fourth-order valence-corrected chi connectivity index (χ4v) is 1.19. The van der Waals surface area contributed by atoms with E-state index in [0.717, 1.165) is 0 Å². The number of carbonyl (C=O) groups is 1. The molecule has 1 aromatic carbocycles. The first-order valence-electron chi connectivity index (χ1n) is 4.64. The molecule has 0 fully saturated rings. The SMILES string of the molecule is O=C(c1cc(F)cc(F)c1)C(F)(F)C(F)(F)C(F)(F)F. The van der Waals surface area contributed by atoms with E-state index >= 15 is 0 Å². The van der Waals surface area contributed by atoms with E-state index in [1.54, 1.807) is 0 Å². The van der Waals surface area contributed by atoms with Gasteiger partial charge >= 0.3 is 18.0 Å². The molecule has 10 heteroatoms. The van der Waals surface area contributed by atoms with Gasteiger partial charge in [-0.25, -0.2) is 8.78 Å². The van der Waals surface area contributed by atoms with Gasteiger partial charge < -0.3 is 0 Å². The molecule has 0 unspecified atom stereocenters. The summed E-state index contributed by atoms with van der Waals surface area (Å²) in [4.78, 5) is 11.0. The van der Waals surface area contributed by atoms with Gasteiger partial charge in [-0.05, 0) is 12.1 Å². The Balaban J connectivity index is 3.31. The van der Waals surface area contributed by atoms with E-state index in [9.17, 15) is 44.3 Å². The minimum Gasteiger partial charge on any atom is -0.287 e. The minimum atomic E-state index is -6.71. The van der Waals surface area contributed by atoms with Crippen LogP contribution in [0.2, 0.25) is 0 Å². The van der Waals surface area contributed by atoms with Gasteiger partial charge in [-0.15, -0.1) is 0 Å². The van der Waals surface area contributed by atoms with Crippen molar-refractivity contribution in [3.8, 4) is 0 Å². The molecule has 0 saturated heterocycles. The van der Waals surface area contributed by atoms with Crippen LogP contribution in [0.5, 0.6) is 0 Å².